The molecule has 0 aliphatic rings. The van der Waals surface area contributed by atoms with Crippen molar-refractivity contribution in [1.29, 1.82) is 0 Å². The fraction of sp³-hybridized carbons (Fsp3) is 0.364. The smallest absolute Gasteiger partial charge is 0.338 e. The summed E-state index contributed by atoms with van der Waals surface area (Å²) in [5.41, 5.74) is 1.97. The van der Waals surface area contributed by atoms with E-state index in [-0.39, 0.29) is 6.61 Å². The summed E-state index contributed by atoms with van der Waals surface area (Å²) in [5, 5.41) is 9.17. The number of aliphatic hydroxyl groups excluding tert-OH is 1. The molecular formula is C11H14N2O3. The van der Waals surface area contributed by atoms with Gasteiger partial charge in [-0.15, -0.1) is 0 Å². The highest BCUT2D eigenvalue weighted by atomic mass is 16.5. The monoisotopic (exact) mass is 222 g/mol. The average molecular weight is 222 g/mol. The second-order valence-corrected chi connectivity index (χ2v) is 3.13. The van der Waals surface area contributed by atoms with Crippen LogP contribution in [0.15, 0.2) is 12.4 Å². The number of hydrogen-bond acceptors (Lipinski definition) is 5. The quantitative estimate of drug-likeness (QED) is 0.606. The Kier molecular flexibility index (Phi) is 4.13. The molecule has 1 N–H and O–H groups in total. The van der Waals surface area contributed by atoms with Crippen LogP contribution in [-0.2, 0) is 16.1 Å². The lowest BCUT2D eigenvalue weighted by Gasteiger charge is -2.10. The van der Waals surface area contributed by atoms with Gasteiger partial charge in [0.05, 0.1) is 25.0 Å². The fourth-order valence-corrected chi connectivity index (χ4v) is 1.47. The maximum Gasteiger partial charge on any atom is 0.338 e. The molecule has 0 saturated carbocycles. The van der Waals surface area contributed by atoms with Gasteiger partial charge >= 0.3 is 5.97 Å². The highest BCUT2D eigenvalue weighted by Gasteiger charge is 2.18. The molecule has 86 valence electrons. The van der Waals surface area contributed by atoms with Crippen LogP contribution < -0.4 is 0 Å². The van der Waals surface area contributed by atoms with Gasteiger partial charge in [-0.05, 0) is 13.8 Å². The van der Waals surface area contributed by atoms with Gasteiger partial charge < -0.3 is 9.84 Å². The first-order chi connectivity index (χ1) is 7.65. The molecule has 16 heavy (non-hydrogen) atoms. The summed E-state index contributed by atoms with van der Waals surface area (Å²) < 4.78 is 4.67. The van der Waals surface area contributed by atoms with E-state index in [1.54, 1.807) is 19.9 Å². The zero-order valence-corrected chi connectivity index (χ0v) is 9.52. The first-order valence-corrected chi connectivity index (χ1v) is 4.82. The third-order valence-electron chi connectivity index (χ3n) is 2.23. The molecule has 1 aromatic rings. The topological polar surface area (TPSA) is 72.3 Å². The van der Waals surface area contributed by atoms with E-state index >= 15 is 0 Å². The summed E-state index contributed by atoms with van der Waals surface area (Å²) >= 11 is 0. The number of aromatic nitrogens is 2. The molecule has 1 rings (SSSR count). The molecule has 0 aliphatic carbocycles. The van der Waals surface area contributed by atoms with Crippen LogP contribution in [0.1, 0.15) is 23.9 Å². The summed E-state index contributed by atoms with van der Waals surface area (Å²) in [7, 11) is 1.31. The van der Waals surface area contributed by atoms with Crippen molar-refractivity contribution in [3.63, 3.8) is 0 Å². The first-order valence-electron chi connectivity index (χ1n) is 4.82. The van der Waals surface area contributed by atoms with Crippen LogP contribution >= 0.6 is 0 Å². The Balaban J connectivity index is 3.35. The molecule has 0 aliphatic heterocycles. The molecular weight excluding hydrogens is 208 g/mol. The number of rotatable bonds is 3. The number of methoxy groups -OCH3 is 1. The van der Waals surface area contributed by atoms with E-state index in [4.69, 9.17) is 0 Å². The van der Waals surface area contributed by atoms with Crippen molar-refractivity contribution in [2.24, 2.45) is 0 Å². The van der Waals surface area contributed by atoms with Gasteiger partial charge in [0.15, 0.2) is 0 Å². The van der Waals surface area contributed by atoms with Crippen molar-refractivity contribution in [1.82, 2.24) is 9.97 Å². The van der Waals surface area contributed by atoms with Crippen molar-refractivity contribution in [2.75, 3.05) is 7.11 Å². The maximum atomic E-state index is 11.5. The fourth-order valence-electron chi connectivity index (χ4n) is 1.47. The second-order valence-electron chi connectivity index (χ2n) is 3.13. The number of carbonyl (C=O) groups is 1. The molecule has 1 heterocycles. The summed E-state index contributed by atoms with van der Waals surface area (Å²) in [6, 6.07) is 0. The Morgan fingerprint density at radius 3 is 2.75 bits per heavy atom. The van der Waals surface area contributed by atoms with Gasteiger partial charge in [0.2, 0.25) is 0 Å². The van der Waals surface area contributed by atoms with Gasteiger partial charge in [-0.3, -0.25) is 0 Å². The lowest BCUT2D eigenvalue weighted by atomic mass is 10.0. The number of allylic oxidation sites excluding steroid dienone is 1. The molecule has 0 unspecified atom stereocenters. The van der Waals surface area contributed by atoms with Crippen molar-refractivity contribution < 1.29 is 14.6 Å². The third-order valence-corrected chi connectivity index (χ3v) is 2.23. The molecule has 5 heteroatoms. The van der Waals surface area contributed by atoms with E-state index < -0.39 is 5.97 Å². The van der Waals surface area contributed by atoms with E-state index in [1.807, 2.05) is 0 Å². The molecule has 0 spiro atoms. The van der Waals surface area contributed by atoms with Crippen molar-refractivity contribution in [3.05, 3.63) is 29.4 Å². The van der Waals surface area contributed by atoms with E-state index in [9.17, 15) is 9.90 Å². The predicted molar refractivity (Wildman–Crippen MR) is 58.4 cm³/mol. The SMILES string of the molecule is C/C=C(/C(=O)OC)c1c(C)ncnc1CO. The number of ether oxygens (including phenoxy) is 1. The van der Waals surface area contributed by atoms with E-state index in [0.29, 0.717) is 22.5 Å². The summed E-state index contributed by atoms with van der Waals surface area (Å²) in [6.07, 6.45) is 2.98. The minimum atomic E-state index is -0.463. The number of esters is 1. The number of aliphatic hydroxyl groups is 1. The molecule has 0 aromatic carbocycles. The van der Waals surface area contributed by atoms with Crippen LogP contribution in [0.4, 0.5) is 0 Å². The number of nitrogens with zero attached hydrogens (tertiary/aromatic N) is 2. The lowest BCUT2D eigenvalue weighted by Crippen LogP contribution is -2.10. The minimum absolute atomic E-state index is 0.243. The Bertz CT molecular complexity index is 427. The maximum absolute atomic E-state index is 11.5. The average Bonchev–Trinajstić information content (AvgIpc) is 2.31. The van der Waals surface area contributed by atoms with E-state index in [1.165, 1.54) is 13.4 Å². The summed E-state index contributed by atoms with van der Waals surface area (Å²) in [6.45, 7) is 3.23. The Labute approximate surface area is 93.8 Å². The number of hydrogen-bond donors (Lipinski definition) is 1. The van der Waals surface area contributed by atoms with Gasteiger partial charge in [0.1, 0.15) is 6.33 Å². The molecule has 0 atom stereocenters. The van der Waals surface area contributed by atoms with Crippen LogP contribution in [0.2, 0.25) is 0 Å². The molecule has 5 nitrogen and oxygen atoms in total. The highest BCUT2D eigenvalue weighted by Crippen LogP contribution is 2.21. The minimum Gasteiger partial charge on any atom is -0.465 e. The van der Waals surface area contributed by atoms with Crippen LogP contribution in [0, 0.1) is 6.92 Å². The van der Waals surface area contributed by atoms with Gasteiger partial charge in [-0.25, -0.2) is 14.8 Å². The van der Waals surface area contributed by atoms with Crippen LogP contribution in [-0.4, -0.2) is 28.2 Å². The second kappa shape index (κ2) is 5.37. The van der Waals surface area contributed by atoms with Crippen LogP contribution in [0.25, 0.3) is 5.57 Å². The van der Waals surface area contributed by atoms with Crippen molar-refractivity contribution in [3.8, 4) is 0 Å². The van der Waals surface area contributed by atoms with E-state index in [2.05, 4.69) is 14.7 Å². The standard InChI is InChI=1S/C11H14N2O3/c1-4-8(11(15)16-3)10-7(2)12-6-13-9(10)5-14/h4,6,14H,5H2,1-3H3/b8-4+. The molecule has 0 saturated heterocycles. The van der Waals surface area contributed by atoms with Gasteiger partial charge in [0, 0.05) is 11.3 Å². The Hall–Kier alpha value is -1.75. The molecule has 0 radical (unpaired) electrons. The molecule has 0 bridgehead atoms. The third kappa shape index (κ3) is 2.25. The number of aryl methyl sites for hydroxylation is 1. The lowest BCUT2D eigenvalue weighted by molar-refractivity contribution is -0.133. The molecule has 1 aromatic heterocycles. The Morgan fingerprint density at radius 2 is 2.25 bits per heavy atom. The summed E-state index contributed by atoms with van der Waals surface area (Å²) in [4.78, 5) is 19.5. The normalized spacial score (nSPS) is 11.4. The first kappa shape index (κ1) is 12.3. The van der Waals surface area contributed by atoms with Gasteiger partial charge in [-0.1, -0.05) is 6.08 Å². The summed E-state index contributed by atoms with van der Waals surface area (Å²) in [5.74, 6) is -0.463. The zero-order chi connectivity index (χ0) is 12.1. The van der Waals surface area contributed by atoms with Crippen LogP contribution in [0.5, 0.6) is 0 Å². The van der Waals surface area contributed by atoms with Crippen molar-refractivity contribution >= 4 is 11.5 Å². The molecule has 0 fully saturated rings. The van der Waals surface area contributed by atoms with Gasteiger partial charge in [-0.2, -0.15) is 0 Å². The molecule has 0 amide bonds. The highest BCUT2D eigenvalue weighted by molar-refractivity contribution is 6.16. The number of carbonyl (C=O) groups excluding carboxylic acids is 1. The van der Waals surface area contributed by atoms with Crippen LogP contribution in [0.3, 0.4) is 0 Å². The van der Waals surface area contributed by atoms with E-state index in [0.717, 1.165) is 0 Å². The van der Waals surface area contributed by atoms with Crippen molar-refractivity contribution in [2.45, 2.75) is 20.5 Å². The Morgan fingerprint density at radius 1 is 1.56 bits per heavy atom. The largest absolute Gasteiger partial charge is 0.465 e. The van der Waals surface area contributed by atoms with Gasteiger partial charge in [0.25, 0.3) is 0 Å². The zero-order valence-electron chi connectivity index (χ0n) is 9.52. The predicted octanol–water partition coefficient (Wildman–Crippen LogP) is 0.854.